The molecular weight excluding hydrogens is 428 g/mol. The Hall–Kier alpha value is -3.27. The predicted octanol–water partition coefficient (Wildman–Crippen LogP) is 2.64. The lowest BCUT2D eigenvalue weighted by molar-refractivity contribution is 0.0147. The van der Waals surface area contributed by atoms with Gasteiger partial charge in [0.15, 0.2) is 11.5 Å². The third-order valence-electron chi connectivity index (χ3n) is 5.15. The minimum Gasteiger partial charge on any atom is -0.497 e. The van der Waals surface area contributed by atoms with Crippen molar-refractivity contribution in [2.24, 2.45) is 0 Å². The Labute approximate surface area is 193 Å². The summed E-state index contributed by atoms with van der Waals surface area (Å²) in [5, 5.41) is 6.76. The minimum absolute atomic E-state index is 0.185. The van der Waals surface area contributed by atoms with Gasteiger partial charge in [-0.15, -0.1) is 0 Å². The molecule has 0 aliphatic carbocycles. The molecule has 1 aliphatic heterocycles. The van der Waals surface area contributed by atoms with Crippen molar-refractivity contribution in [1.82, 2.24) is 20.3 Å². The quantitative estimate of drug-likeness (QED) is 0.672. The Kier molecular flexibility index (Phi) is 7.80. The molecule has 1 fully saturated rings. The zero-order valence-electron chi connectivity index (χ0n) is 19.8. The lowest BCUT2D eigenvalue weighted by atomic mass is 10.1. The molecule has 2 amide bonds. The van der Waals surface area contributed by atoms with Crippen molar-refractivity contribution >= 4 is 12.0 Å². The Morgan fingerprint density at radius 1 is 1.09 bits per heavy atom. The highest BCUT2D eigenvalue weighted by molar-refractivity contribution is 5.93. The highest BCUT2D eigenvalue weighted by atomic mass is 16.6. The van der Waals surface area contributed by atoms with Gasteiger partial charge in [-0.05, 0) is 39.0 Å². The van der Waals surface area contributed by atoms with Crippen LogP contribution in [-0.2, 0) is 4.74 Å². The van der Waals surface area contributed by atoms with Crippen LogP contribution in [-0.4, -0.2) is 86.0 Å². The summed E-state index contributed by atoms with van der Waals surface area (Å²) in [4.78, 5) is 28.6. The Morgan fingerprint density at radius 2 is 1.82 bits per heavy atom. The number of piperazine rings is 1. The van der Waals surface area contributed by atoms with E-state index in [0.29, 0.717) is 49.0 Å². The first-order valence-corrected chi connectivity index (χ1v) is 10.9. The number of benzene rings is 1. The molecule has 2 aromatic rings. The second-order valence-corrected chi connectivity index (χ2v) is 8.71. The van der Waals surface area contributed by atoms with Crippen molar-refractivity contribution in [2.45, 2.75) is 26.4 Å². The zero-order valence-corrected chi connectivity index (χ0v) is 19.8. The van der Waals surface area contributed by atoms with Crippen LogP contribution in [0.1, 0.15) is 31.3 Å². The fraction of sp³-hybridized carbons (Fsp3) is 0.522. The van der Waals surface area contributed by atoms with E-state index in [1.807, 2.05) is 20.8 Å². The monoisotopic (exact) mass is 460 g/mol. The van der Waals surface area contributed by atoms with Crippen molar-refractivity contribution in [3.05, 3.63) is 30.0 Å². The Balaban J connectivity index is 1.47. The number of carbonyl (C=O) groups is 2. The molecule has 0 saturated carbocycles. The third kappa shape index (κ3) is 6.61. The van der Waals surface area contributed by atoms with Crippen LogP contribution in [0.15, 0.2) is 28.8 Å². The summed E-state index contributed by atoms with van der Waals surface area (Å²) < 4.78 is 21.4. The van der Waals surface area contributed by atoms with Gasteiger partial charge in [0.2, 0.25) is 0 Å². The Morgan fingerprint density at radius 3 is 2.45 bits per heavy atom. The molecule has 1 aromatic carbocycles. The average molecular weight is 461 g/mol. The van der Waals surface area contributed by atoms with E-state index in [9.17, 15) is 9.59 Å². The number of rotatable bonds is 7. The van der Waals surface area contributed by atoms with Gasteiger partial charge in [-0.3, -0.25) is 9.69 Å². The van der Waals surface area contributed by atoms with Crippen LogP contribution in [0.25, 0.3) is 11.3 Å². The van der Waals surface area contributed by atoms with Gasteiger partial charge >= 0.3 is 6.09 Å². The number of amides is 2. The summed E-state index contributed by atoms with van der Waals surface area (Å²) in [5.74, 6) is 1.32. The number of nitrogens with zero attached hydrogens (tertiary/aromatic N) is 3. The van der Waals surface area contributed by atoms with Gasteiger partial charge in [-0.25, -0.2) is 4.79 Å². The van der Waals surface area contributed by atoms with Crippen LogP contribution in [0.3, 0.4) is 0 Å². The van der Waals surface area contributed by atoms with Crippen LogP contribution in [0.2, 0.25) is 0 Å². The molecule has 0 unspecified atom stereocenters. The first kappa shape index (κ1) is 24.4. The number of methoxy groups -OCH3 is 2. The zero-order chi connectivity index (χ0) is 24.0. The maximum absolute atomic E-state index is 12.5. The number of carbonyl (C=O) groups excluding carboxylic acids is 2. The third-order valence-corrected chi connectivity index (χ3v) is 5.15. The van der Waals surface area contributed by atoms with Crippen LogP contribution in [0.4, 0.5) is 4.79 Å². The van der Waals surface area contributed by atoms with E-state index >= 15 is 0 Å². The highest BCUT2D eigenvalue weighted by Crippen LogP contribution is 2.33. The fourth-order valence-corrected chi connectivity index (χ4v) is 3.41. The van der Waals surface area contributed by atoms with Crippen LogP contribution >= 0.6 is 0 Å². The molecule has 0 spiro atoms. The number of hydrogen-bond acceptors (Lipinski definition) is 8. The normalized spacial score (nSPS) is 14.6. The SMILES string of the molecule is COc1ccc(OC)c(-c2cc(C(=O)NCCN3CCN(C(=O)OC(C)(C)C)CC3)no2)c1. The molecule has 1 aliphatic rings. The molecule has 10 nitrogen and oxygen atoms in total. The van der Waals surface area contributed by atoms with Gasteiger partial charge in [-0.1, -0.05) is 5.16 Å². The molecule has 0 bridgehead atoms. The van der Waals surface area contributed by atoms with Crippen molar-refractivity contribution in [1.29, 1.82) is 0 Å². The topological polar surface area (TPSA) is 106 Å². The summed E-state index contributed by atoms with van der Waals surface area (Å²) in [6.45, 7) is 9.32. The van der Waals surface area contributed by atoms with Gasteiger partial charge in [0.05, 0.1) is 19.8 Å². The number of hydrogen-bond donors (Lipinski definition) is 1. The molecule has 1 saturated heterocycles. The number of nitrogens with one attached hydrogen (secondary N) is 1. The lowest BCUT2D eigenvalue weighted by Gasteiger charge is -2.35. The largest absolute Gasteiger partial charge is 0.497 e. The predicted molar refractivity (Wildman–Crippen MR) is 122 cm³/mol. The van der Waals surface area contributed by atoms with Gasteiger partial charge in [0, 0.05) is 45.3 Å². The molecule has 10 heteroatoms. The summed E-state index contributed by atoms with van der Waals surface area (Å²) in [6, 6.07) is 6.88. The van der Waals surface area contributed by atoms with Crippen molar-refractivity contribution in [2.75, 3.05) is 53.5 Å². The minimum atomic E-state index is -0.503. The molecule has 0 atom stereocenters. The van der Waals surface area contributed by atoms with E-state index in [1.165, 1.54) is 0 Å². The second-order valence-electron chi connectivity index (χ2n) is 8.71. The van der Waals surface area contributed by atoms with Crippen LogP contribution < -0.4 is 14.8 Å². The van der Waals surface area contributed by atoms with Crippen LogP contribution in [0.5, 0.6) is 11.5 Å². The standard InChI is InChI=1S/C23H32N4O6/c1-23(2,3)32-22(29)27-12-10-26(11-13-27)9-8-24-21(28)18-15-20(33-25-18)17-14-16(30-4)6-7-19(17)31-5/h6-7,14-15H,8-13H2,1-5H3,(H,24,28). The second kappa shape index (κ2) is 10.6. The number of aromatic nitrogens is 1. The van der Waals surface area contributed by atoms with E-state index in [-0.39, 0.29) is 17.7 Å². The molecule has 3 rings (SSSR count). The molecule has 2 heterocycles. The molecule has 1 N–H and O–H groups in total. The Bertz CT molecular complexity index is 960. The van der Waals surface area contributed by atoms with Gasteiger partial charge in [-0.2, -0.15) is 0 Å². The average Bonchev–Trinajstić information content (AvgIpc) is 3.28. The highest BCUT2D eigenvalue weighted by Gasteiger charge is 2.26. The smallest absolute Gasteiger partial charge is 0.410 e. The molecular formula is C23H32N4O6. The van der Waals surface area contributed by atoms with Gasteiger partial charge in [0.25, 0.3) is 5.91 Å². The lowest BCUT2D eigenvalue weighted by Crippen LogP contribution is -2.51. The molecule has 0 radical (unpaired) electrons. The van der Waals surface area contributed by atoms with E-state index in [4.69, 9.17) is 18.7 Å². The maximum Gasteiger partial charge on any atom is 0.410 e. The van der Waals surface area contributed by atoms with Crippen molar-refractivity contribution in [3.63, 3.8) is 0 Å². The first-order chi connectivity index (χ1) is 15.7. The van der Waals surface area contributed by atoms with E-state index in [0.717, 1.165) is 13.1 Å². The molecule has 33 heavy (non-hydrogen) atoms. The fourth-order valence-electron chi connectivity index (χ4n) is 3.41. The molecule has 1 aromatic heterocycles. The first-order valence-electron chi connectivity index (χ1n) is 10.9. The van der Waals surface area contributed by atoms with Crippen molar-refractivity contribution < 1.29 is 28.3 Å². The van der Waals surface area contributed by atoms with Gasteiger partial charge < -0.3 is 29.0 Å². The maximum atomic E-state index is 12.5. The van der Waals surface area contributed by atoms with E-state index < -0.39 is 5.60 Å². The molecule has 180 valence electrons. The summed E-state index contributed by atoms with van der Waals surface area (Å²) in [6.07, 6.45) is -0.287. The van der Waals surface area contributed by atoms with Gasteiger partial charge in [0.1, 0.15) is 17.1 Å². The number of ether oxygens (including phenoxy) is 3. The summed E-state index contributed by atoms with van der Waals surface area (Å²) in [7, 11) is 3.13. The van der Waals surface area contributed by atoms with E-state index in [2.05, 4.69) is 15.4 Å². The summed E-state index contributed by atoms with van der Waals surface area (Å²) in [5.41, 5.74) is 0.327. The summed E-state index contributed by atoms with van der Waals surface area (Å²) >= 11 is 0. The van der Waals surface area contributed by atoms with Crippen molar-refractivity contribution in [3.8, 4) is 22.8 Å². The van der Waals surface area contributed by atoms with E-state index in [1.54, 1.807) is 43.4 Å². The van der Waals surface area contributed by atoms with Crippen LogP contribution in [0, 0.1) is 0 Å².